The topological polar surface area (TPSA) is 51.2 Å². The molecule has 0 atom stereocenters. The maximum Gasteiger partial charge on any atom is 0.106 e. The molecule has 0 aliphatic heterocycles. The first-order valence-electron chi connectivity index (χ1n) is 6.04. The molecule has 0 saturated heterocycles. The molecule has 0 amide bonds. The maximum absolute atomic E-state index is 8.00. The van der Waals surface area contributed by atoms with Crippen molar-refractivity contribution in [3.05, 3.63) is 0 Å². The van der Waals surface area contributed by atoms with Crippen LogP contribution in [0.15, 0.2) is 0 Å². The van der Waals surface area contributed by atoms with E-state index in [0.29, 0.717) is 15.5 Å². The number of hydrogen-bond donors (Lipinski definition) is 0. The summed E-state index contributed by atoms with van der Waals surface area (Å²) in [5.41, 5.74) is 0. The Bertz CT molecular complexity index is 177. The number of hydrogen-bond acceptors (Lipinski definition) is 3. The van der Waals surface area contributed by atoms with Gasteiger partial charge in [-0.25, -0.2) is 0 Å². The van der Waals surface area contributed by atoms with E-state index in [-0.39, 0.29) is 24.4 Å². The van der Waals surface area contributed by atoms with Gasteiger partial charge in [0.25, 0.3) is 0 Å². The number of carbonyl (C=O) groups excluding carboxylic acids is 3. The van der Waals surface area contributed by atoms with E-state index in [2.05, 4.69) is 62.3 Å². The monoisotopic (exact) mass is 350 g/mol. The predicted molar refractivity (Wildman–Crippen MR) is 87.5 cm³/mol. The molecule has 3 nitrogen and oxygen atoms in total. The van der Waals surface area contributed by atoms with E-state index in [4.69, 9.17) is 14.4 Å². The summed E-state index contributed by atoms with van der Waals surface area (Å²) in [6, 6.07) is 0. The van der Waals surface area contributed by atoms with Crippen molar-refractivity contribution < 1.29 is 30.9 Å². The molecule has 0 bridgehead atoms. The third-order valence-corrected chi connectivity index (χ3v) is 6.04. The van der Waals surface area contributed by atoms with E-state index in [1.807, 2.05) is 20.4 Å². The Kier molecular flexibility index (Phi) is 22.3. The van der Waals surface area contributed by atoms with Crippen molar-refractivity contribution in [3.63, 3.8) is 0 Å². The second-order valence-electron chi connectivity index (χ2n) is 6.85. The van der Waals surface area contributed by atoms with E-state index in [1.54, 1.807) is 0 Å². The molecule has 0 aromatic heterocycles. The van der Waals surface area contributed by atoms with Crippen LogP contribution in [0.2, 0.25) is 0 Å². The van der Waals surface area contributed by atoms with Gasteiger partial charge in [-0.2, -0.15) is 0 Å². The second kappa shape index (κ2) is 13.9. The van der Waals surface area contributed by atoms with E-state index in [0.717, 1.165) is 0 Å². The Morgan fingerprint density at radius 2 is 0.600 bits per heavy atom. The molecule has 0 saturated carbocycles. The van der Waals surface area contributed by atoms with Gasteiger partial charge in [0.15, 0.2) is 0 Å². The summed E-state index contributed by atoms with van der Waals surface area (Å²) >= 11 is 0. The van der Waals surface area contributed by atoms with Gasteiger partial charge in [-0.1, -0.05) is 70.2 Å². The normalized spacial score (nSPS) is 10.5. The fourth-order valence-electron chi connectivity index (χ4n) is 3.02. The molecule has 0 heterocycles. The summed E-state index contributed by atoms with van der Waals surface area (Å²) < 4.78 is 0. The molecule has 5 heteroatoms. The molecule has 0 aliphatic rings. The van der Waals surface area contributed by atoms with Crippen molar-refractivity contribution in [1.82, 2.24) is 0 Å². The molecule has 0 aromatic carbocycles. The SMILES string of the molecule is C=O.C=O.C=O.CC(C)(C)P(C(C)(C)C)C(C)(C)C.[Ni]. The number of rotatable bonds is 0. The minimum absolute atomic E-state index is 0. The zero-order chi connectivity index (χ0) is 17.1. The van der Waals surface area contributed by atoms with Crippen molar-refractivity contribution in [2.75, 3.05) is 0 Å². The van der Waals surface area contributed by atoms with E-state index in [1.165, 1.54) is 0 Å². The molecule has 126 valence electrons. The molecule has 20 heavy (non-hydrogen) atoms. The van der Waals surface area contributed by atoms with Crippen molar-refractivity contribution >= 4 is 28.3 Å². The summed E-state index contributed by atoms with van der Waals surface area (Å²) in [7, 11) is 0.0162. The average Bonchev–Trinajstić information content (AvgIpc) is 2.19. The zero-order valence-corrected chi connectivity index (χ0v) is 16.5. The summed E-state index contributed by atoms with van der Waals surface area (Å²) in [6.07, 6.45) is 0. The molecule has 0 spiro atoms. The van der Waals surface area contributed by atoms with Gasteiger partial charge in [0.1, 0.15) is 20.4 Å². The smallest absolute Gasteiger partial charge is 0.106 e. The van der Waals surface area contributed by atoms with Gasteiger partial charge in [-0.15, -0.1) is 0 Å². The van der Waals surface area contributed by atoms with Gasteiger partial charge in [-0.3, -0.25) is 0 Å². The Hall–Kier alpha value is -0.0665. The molecule has 0 unspecified atom stereocenters. The van der Waals surface area contributed by atoms with Crippen LogP contribution in [0, 0.1) is 0 Å². The summed E-state index contributed by atoms with van der Waals surface area (Å²) in [5, 5.41) is 1.35. The van der Waals surface area contributed by atoms with Crippen LogP contribution in [-0.2, 0) is 30.9 Å². The zero-order valence-electron chi connectivity index (χ0n) is 14.6. The van der Waals surface area contributed by atoms with Gasteiger partial charge in [0.05, 0.1) is 0 Å². The van der Waals surface area contributed by atoms with Crippen LogP contribution in [0.5, 0.6) is 0 Å². The van der Waals surface area contributed by atoms with Crippen molar-refractivity contribution in [2.45, 2.75) is 77.8 Å². The predicted octanol–water partition coefficient (Wildman–Crippen LogP) is 4.31. The Balaban J connectivity index is -0.0000000940. The first-order chi connectivity index (χ1) is 8.37. The number of carbonyl (C=O) groups is 3. The quantitative estimate of drug-likeness (QED) is 0.483. The molecule has 0 aliphatic carbocycles. The standard InChI is InChI=1S/C12H27P.3CH2O.Ni/c1-10(2,3)13(11(4,5)6)12(7,8)9;3*1-2;/h1-9H3;3*1H2;. The molecular weight excluding hydrogens is 318 g/mol. The van der Waals surface area contributed by atoms with Gasteiger partial charge in [-0.05, 0) is 15.5 Å². The van der Waals surface area contributed by atoms with Crippen LogP contribution in [0.3, 0.4) is 0 Å². The minimum atomic E-state index is 0. The van der Waals surface area contributed by atoms with Gasteiger partial charge in [0, 0.05) is 16.5 Å². The first-order valence-corrected chi connectivity index (χ1v) is 7.38. The first kappa shape index (κ1) is 32.0. The minimum Gasteiger partial charge on any atom is -0.307 e. The van der Waals surface area contributed by atoms with Gasteiger partial charge in [0.2, 0.25) is 0 Å². The Labute approximate surface area is 137 Å². The average molecular weight is 351 g/mol. The molecule has 0 radical (unpaired) electrons. The summed E-state index contributed by atoms with van der Waals surface area (Å²) in [6.45, 7) is 27.5. The summed E-state index contributed by atoms with van der Waals surface area (Å²) in [4.78, 5) is 24.0. The van der Waals surface area contributed by atoms with Crippen LogP contribution in [0.4, 0.5) is 0 Å². The van der Waals surface area contributed by atoms with Crippen LogP contribution < -0.4 is 0 Å². The van der Waals surface area contributed by atoms with Crippen molar-refractivity contribution in [3.8, 4) is 0 Å². The van der Waals surface area contributed by atoms with Crippen LogP contribution >= 0.6 is 7.92 Å². The van der Waals surface area contributed by atoms with E-state index < -0.39 is 0 Å². The summed E-state index contributed by atoms with van der Waals surface area (Å²) in [5.74, 6) is 0. The molecule has 0 rings (SSSR count). The van der Waals surface area contributed by atoms with E-state index >= 15 is 0 Å². The van der Waals surface area contributed by atoms with Gasteiger partial charge >= 0.3 is 0 Å². The Morgan fingerprint density at radius 1 is 0.500 bits per heavy atom. The molecular formula is C15H33NiO3P. The third-order valence-electron chi connectivity index (χ3n) is 2.01. The van der Waals surface area contributed by atoms with E-state index in [9.17, 15) is 0 Å². The van der Waals surface area contributed by atoms with Crippen LogP contribution in [0.25, 0.3) is 0 Å². The molecule has 0 fully saturated rings. The van der Waals surface area contributed by atoms with Crippen LogP contribution in [0.1, 0.15) is 62.3 Å². The fourth-order valence-corrected chi connectivity index (χ4v) is 9.06. The van der Waals surface area contributed by atoms with Gasteiger partial charge < -0.3 is 14.4 Å². The molecule has 0 N–H and O–H groups in total. The second-order valence-corrected chi connectivity index (χ2v) is 11.5. The van der Waals surface area contributed by atoms with Crippen LogP contribution in [-0.4, -0.2) is 35.8 Å². The van der Waals surface area contributed by atoms with Crippen molar-refractivity contribution in [2.24, 2.45) is 0 Å². The Morgan fingerprint density at radius 3 is 0.600 bits per heavy atom. The molecule has 0 aromatic rings. The maximum atomic E-state index is 8.00. The fraction of sp³-hybridized carbons (Fsp3) is 0.800. The van der Waals surface area contributed by atoms with Crippen molar-refractivity contribution in [1.29, 1.82) is 0 Å². The third kappa shape index (κ3) is 16.0. The largest absolute Gasteiger partial charge is 0.307 e.